The van der Waals surface area contributed by atoms with E-state index in [1.807, 2.05) is 59.5 Å². The van der Waals surface area contributed by atoms with Gasteiger partial charge in [0.25, 0.3) is 11.8 Å². The zero-order valence-electron chi connectivity index (χ0n) is 23.5. The predicted molar refractivity (Wildman–Crippen MR) is 157 cm³/mol. The van der Waals surface area contributed by atoms with Crippen molar-refractivity contribution in [2.24, 2.45) is 0 Å². The molecule has 1 aliphatic heterocycles. The first kappa shape index (κ1) is 32.9. The molecule has 220 valence electrons. The van der Waals surface area contributed by atoms with Gasteiger partial charge in [-0.2, -0.15) is 8.78 Å². The van der Waals surface area contributed by atoms with Crippen LogP contribution in [0.5, 0.6) is 5.75 Å². The average Bonchev–Trinajstić information content (AvgIpc) is 3.50. The number of alkyl halides is 2. The van der Waals surface area contributed by atoms with Crippen molar-refractivity contribution in [2.75, 3.05) is 25.5 Å². The SMILES string of the molecule is CC(Cc1ccccc1)NC(=O)C(C)(F)F.CO.N=Cc1cc(O)ccc1Nc1cccc(C(=O)N2CCCC2)c1. The number of benzene rings is 3. The number of likely N-dealkylation sites (tertiary alicyclic amines) is 1. The first-order valence-corrected chi connectivity index (χ1v) is 13.2. The molecule has 1 aliphatic rings. The fourth-order valence-corrected chi connectivity index (χ4v) is 4.14. The summed E-state index contributed by atoms with van der Waals surface area (Å²) < 4.78 is 25.2. The topological polar surface area (TPSA) is 126 Å². The smallest absolute Gasteiger partial charge is 0.321 e. The lowest BCUT2D eigenvalue weighted by atomic mass is 10.1. The van der Waals surface area contributed by atoms with Gasteiger partial charge in [-0.15, -0.1) is 0 Å². The Hall–Kier alpha value is -4.31. The molecule has 41 heavy (non-hydrogen) atoms. The summed E-state index contributed by atoms with van der Waals surface area (Å²) in [7, 11) is 1.00. The molecule has 2 amide bonds. The molecule has 8 nitrogen and oxygen atoms in total. The molecule has 1 fully saturated rings. The number of hydrogen-bond acceptors (Lipinski definition) is 6. The lowest BCUT2D eigenvalue weighted by molar-refractivity contribution is -0.143. The second kappa shape index (κ2) is 16.1. The number of amides is 2. The minimum absolute atomic E-state index is 0.0594. The number of anilines is 2. The van der Waals surface area contributed by atoms with Crippen molar-refractivity contribution >= 4 is 29.4 Å². The van der Waals surface area contributed by atoms with E-state index >= 15 is 0 Å². The van der Waals surface area contributed by atoms with Gasteiger partial charge in [0.15, 0.2) is 0 Å². The molecule has 0 spiro atoms. The van der Waals surface area contributed by atoms with Crippen LogP contribution in [0.4, 0.5) is 20.2 Å². The summed E-state index contributed by atoms with van der Waals surface area (Å²) in [6, 6.07) is 21.3. The zero-order chi connectivity index (χ0) is 30.4. The van der Waals surface area contributed by atoms with Crippen molar-refractivity contribution < 1.29 is 28.6 Å². The number of aliphatic hydroxyl groups excluding tert-OH is 1. The first-order chi connectivity index (χ1) is 19.6. The molecule has 0 saturated carbocycles. The zero-order valence-corrected chi connectivity index (χ0v) is 23.5. The third kappa shape index (κ3) is 10.6. The number of carbonyl (C=O) groups excluding carboxylic acids is 2. The summed E-state index contributed by atoms with van der Waals surface area (Å²) >= 11 is 0. The lowest BCUT2D eigenvalue weighted by Crippen LogP contribution is -2.43. The van der Waals surface area contributed by atoms with Crippen LogP contribution >= 0.6 is 0 Å². The summed E-state index contributed by atoms with van der Waals surface area (Å²) in [5.74, 6) is -4.36. The van der Waals surface area contributed by atoms with Crippen LogP contribution in [-0.2, 0) is 11.2 Å². The number of rotatable bonds is 8. The molecule has 0 aromatic heterocycles. The molecule has 10 heteroatoms. The molecule has 1 heterocycles. The van der Waals surface area contributed by atoms with Gasteiger partial charge in [-0.05, 0) is 68.1 Å². The van der Waals surface area contributed by atoms with Crippen LogP contribution in [0.3, 0.4) is 0 Å². The van der Waals surface area contributed by atoms with E-state index in [0.29, 0.717) is 30.2 Å². The Morgan fingerprint density at radius 3 is 2.29 bits per heavy atom. The van der Waals surface area contributed by atoms with Crippen molar-refractivity contribution in [1.82, 2.24) is 10.2 Å². The number of aliphatic hydroxyl groups is 1. The van der Waals surface area contributed by atoms with E-state index < -0.39 is 11.8 Å². The fraction of sp³-hybridized carbons (Fsp3) is 0.323. The van der Waals surface area contributed by atoms with Gasteiger partial charge in [-0.1, -0.05) is 36.4 Å². The van der Waals surface area contributed by atoms with Gasteiger partial charge in [0.1, 0.15) is 5.75 Å². The van der Waals surface area contributed by atoms with E-state index in [9.17, 15) is 23.5 Å². The number of halogens is 2. The standard InChI is InChI=1S/C18H19N3O2.C12H15F2NO.CH4O/c19-12-14-11-16(22)6-7-17(14)20-15-5-3-4-13(10-15)18(23)21-8-1-2-9-21;1-9(15-11(16)12(2,13)14)8-10-6-4-3-5-7-10;1-2/h3-7,10-12,19-20,22H,1-2,8-9H2;3-7,9H,8H2,1-2H3,(H,15,16);2H,1H3. The largest absolute Gasteiger partial charge is 0.508 e. The van der Waals surface area contributed by atoms with Gasteiger partial charge in [0.05, 0.1) is 0 Å². The first-order valence-electron chi connectivity index (χ1n) is 13.2. The minimum atomic E-state index is -3.31. The van der Waals surface area contributed by atoms with Crippen LogP contribution < -0.4 is 10.6 Å². The molecule has 5 N–H and O–H groups in total. The van der Waals surface area contributed by atoms with Crippen LogP contribution in [0.2, 0.25) is 0 Å². The molecular weight excluding hydrogens is 530 g/mol. The molecule has 1 atom stereocenters. The molecular formula is C31H38F2N4O4. The van der Waals surface area contributed by atoms with Gasteiger partial charge < -0.3 is 31.2 Å². The fourth-order valence-electron chi connectivity index (χ4n) is 4.14. The summed E-state index contributed by atoms with van der Waals surface area (Å²) in [4.78, 5) is 25.3. The maximum absolute atomic E-state index is 12.6. The highest BCUT2D eigenvalue weighted by molar-refractivity contribution is 5.96. The number of nitrogens with one attached hydrogen (secondary N) is 3. The number of phenols is 1. The molecule has 0 aliphatic carbocycles. The number of aromatic hydroxyl groups is 1. The highest BCUT2D eigenvalue weighted by atomic mass is 19.3. The highest BCUT2D eigenvalue weighted by Gasteiger charge is 2.32. The quantitative estimate of drug-likeness (QED) is 0.185. The van der Waals surface area contributed by atoms with E-state index in [0.717, 1.165) is 44.3 Å². The summed E-state index contributed by atoms with van der Waals surface area (Å²) in [6.45, 7) is 3.95. The number of nitrogens with zero attached hydrogens (tertiary/aromatic N) is 1. The van der Waals surface area contributed by atoms with Crippen molar-refractivity contribution in [3.05, 3.63) is 89.5 Å². The highest BCUT2D eigenvalue weighted by Crippen LogP contribution is 2.25. The van der Waals surface area contributed by atoms with E-state index in [1.54, 1.807) is 19.1 Å². The predicted octanol–water partition coefficient (Wildman–Crippen LogP) is 5.37. The third-order valence-electron chi connectivity index (χ3n) is 6.13. The molecule has 0 radical (unpaired) electrons. The molecule has 4 rings (SSSR count). The van der Waals surface area contributed by atoms with Crippen molar-refractivity contribution in [3.8, 4) is 5.75 Å². The van der Waals surface area contributed by atoms with Crippen molar-refractivity contribution in [3.63, 3.8) is 0 Å². The van der Waals surface area contributed by atoms with Gasteiger partial charge in [-0.3, -0.25) is 9.59 Å². The molecule has 3 aromatic carbocycles. The molecule has 3 aromatic rings. The molecule has 0 bridgehead atoms. The van der Waals surface area contributed by atoms with Gasteiger partial charge in [0, 0.05) is 61.9 Å². The van der Waals surface area contributed by atoms with Gasteiger partial charge >= 0.3 is 5.92 Å². The Morgan fingerprint density at radius 1 is 1.02 bits per heavy atom. The van der Waals surface area contributed by atoms with E-state index in [2.05, 4.69) is 10.6 Å². The maximum Gasteiger partial charge on any atom is 0.321 e. The second-order valence-electron chi connectivity index (χ2n) is 9.57. The van der Waals surface area contributed by atoms with Crippen LogP contribution in [0.1, 0.15) is 48.2 Å². The van der Waals surface area contributed by atoms with Crippen molar-refractivity contribution in [1.29, 1.82) is 5.41 Å². The van der Waals surface area contributed by atoms with Crippen LogP contribution in [0.25, 0.3) is 0 Å². The van der Waals surface area contributed by atoms with Crippen molar-refractivity contribution in [2.45, 2.75) is 45.1 Å². The van der Waals surface area contributed by atoms with Gasteiger partial charge in [-0.25, -0.2) is 0 Å². The average molecular weight is 569 g/mol. The minimum Gasteiger partial charge on any atom is -0.508 e. The van der Waals surface area contributed by atoms with E-state index in [1.165, 1.54) is 12.3 Å². The van der Waals surface area contributed by atoms with Crippen LogP contribution in [0.15, 0.2) is 72.8 Å². The normalized spacial score (nSPS) is 13.1. The summed E-state index contributed by atoms with van der Waals surface area (Å²) in [5.41, 5.74) is 3.75. The number of carbonyl (C=O) groups is 2. The van der Waals surface area contributed by atoms with E-state index in [-0.39, 0.29) is 17.7 Å². The summed E-state index contributed by atoms with van der Waals surface area (Å²) in [6.07, 6.45) is 3.86. The van der Waals surface area contributed by atoms with Crippen LogP contribution in [0, 0.1) is 5.41 Å². The maximum atomic E-state index is 12.6. The second-order valence-corrected chi connectivity index (χ2v) is 9.57. The Bertz CT molecular complexity index is 1280. The lowest BCUT2D eigenvalue weighted by Gasteiger charge is -2.17. The van der Waals surface area contributed by atoms with Gasteiger partial charge in [0.2, 0.25) is 0 Å². The molecule has 1 saturated heterocycles. The number of phenolic OH excluding ortho intramolecular Hbond substituents is 1. The summed E-state index contributed by atoms with van der Waals surface area (Å²) in [5, 5.41) is 29.4. The molecule has 1 unspecified atom stereocenters. The Labute approximate surface area is 239 Å². The van der Waals surface area contributed by atoms with E-state index in [4.69, 9.17) is 10.5 Å². The Kier molecular flexibility index (Phi) is 12.9. The van der Waals surface area contributed by atoms with Crippen LogP contribution in [-0.4, -0.2) is 65.3 Å². The number of hydrogen-bond donors (Lipinski definition) is 5. The Morgan fingerprint density at radius 2 is 1.68 bits per heavy atom. The Balaban J connectivity index is 0.000000288. The third-order valence-corrected chi connectivity index (χ3v) is 6.13. The monoisotopic (exact) mass is 568 g/mol.